The minimum absolute atomic E-state index is 0.135. The zero-order valence-electron chi connectivity index (χ0n) is 16.8. The van der Waals surface area contributed by atoms with E-state index in [2.05, 4.69) is 24.0 Å². The molecule has 0 aliphatic heterocycles. The van der Waals surface area contributed by atoms with Gasteiger partial charge in [0.2, 0.25) is 5.91 Å². The lowest BCUT2D eigenvalue weighted by atomic mass is 10.1. The Morgan fingerprint density at radius 1 is 1.17 bits per heavy atom. The first-order valence-electron chi connectivity index (χ1n) is 9.83. The molecular weight excluding hydrogens is 362 g/mol. The van der Waals surface area contributed by atoms with Gasteiger partial charge in [-0.15, -0.1) is 6.58 Å². The van der Waals surface area contributed by atoms with Gasteiger partial charge in [0, 0.05) is 23.9 Å². The third kappa shape index (κ3) is 5.90. The molecule has 0 fully saturated rings. The summed E-state index contributed by atoms with van der Waals surface area (Å²) in [5, 5.41) is 7.75. The second-order valence-electron chi connectivity index (χ2n) is 6.86. The van der Waals surface area contributed by atoms with E-state index in [-0.39, 0.29) is 5.91 Å². The van der Waals surface area contributed by atoms with Gasteiger partial charge in [-0.2, -0.15) is 5.10 Å². The van der Waals surface area contributed by atoms with Crippen LogP contribution in [0, 0.1) is 0 Å². The van der Waals surface area contributed by atoms with E-state index in [4.69, 9.17) is 9.84 Å². The van der Waals surface area contributed by atoms with Crippen LogP contribution in [-0.2, 0) is 22.6 Å². The van der Waals surface area contributed by atoms with Crippen LogP contribution in [0.1, 0.15) is 24.5 Å². The quantitative estimate of drug-likeness (QED) is 0.418. The van der Waals surface area contributed by atoms with Crippen LogP contribution in [0.25, 0.3) is 11.3 Å². The first kappa shape index (κ1) is 20.6. The van der Waals surface area contributed by atoms with Crippen molar-refractivity contribution in [3.05, 3.63) is 90.6 Å². The molecule has 0 spiro atoms. The number of amides is 1. The SMILES string of the molecule is C=CCCOC(C)C(=O)NCc1cn(Cc2ccccc2)nc1-c1ccccc1. The van der Waals surface area contributed by atoms with Crippen LogP contribution in [0.4, 0.5) is 0 Å². The highest BCUT2D eigenvalue weighted by Crippen LogP contribution is 2.22. The standard InChI is InChI=1S/C24H27N3O2/c1-3-4-15-29-19(2)24(28)25-16-22-18-27(17-20-11-7-5-8-12-20)26-23(22)21-13-9-6-10-14-21/h3,5-14,18-19H,1,4,15-17H2,2H3,(H,25,28). The van der Waals surface area contributed by atoms with Crippen molar-refractivity contribution in [1.82, 2.24) is 15.1 Å². The number of carbonyl (C=O) groups is 1. The van der Waals surface area contributed by atoms with Gasteiger partial charge in [-0.25, -0.2) is 0 Å². The van der Waals surface area contributed by atoms with E-state index in [1.165, 1.54) is 5.56 Å². The maximum atomic E-state index is 12.4. The summed E-state index contributed by atoms with van der Waals surface area (Å²) in [7, 11) is 0. The first-order chi connectivity index (χ1) is 14.2. The average molecular weight is 389 g/mol. The summed E-state index contributed by atoms with van der Waals surface area (Å²) in [5.41, 5.74) is 4.05. The number of aromatic nitrogens is 2. The largest absolute Gasteiger partial charge is 0.368 e. The van der Waals surface area contributed by atoms with E-state index >= 15 is 0 Å². The molecule has 150 valence electrons. The van der Waals surface area contributed by atoms with Crippen molar-refractivity contribution >= 4 is 5.91 Å². The lowest BCUT2D eigenvalue weighted by Gasteiger charge is -2.12. The van der Waals surface area contributed by atoms with E-state index in [0.29, 0.717) is 19.7 Å². The predicted octanol–water partition coefficient (Wildman–Crippen LogP) is 4.20. The maximum Gasteiger partial charge on any atom is 0.249 e. The van der Waals surface area contributed by atoms with Crippen LogP contribution in [0.15, 0.2) is 79.5 Å². The Bertz CT molecular complexity index is 920. The van der Waals surface area contributed by atoms with Gasteiger partial charge in [0.05, 0.1) is 18.8 Å². The smallest absolute Gasteiger partial charge is 0.249 e. The lowest BCUT2D eigenvalue weighted by Crippen LogP contribution is -2.34. The highest BCUT2D eigenvalue weighted by molar-refractivity contribution is 5.80. The molecule has 1 heterocycles. The van der Waals surface area contributed by atoms with Crippen molar-refractivity contribution in [2.75, 3.05) is 6.61 Å². The molecule has 5 nitrogen and oxygen atoms in total. The molecule has 2 aromatic carbocycles. The average Bonchev–Trinajstić information content (AvgIpc) is 3.16. The molecular formula is C24H27N3O2. The number of rotatable bonds is 10. The summed E-state index contributed by atoms with van der Waals surface area (Å²) >= 11 is 0. The van der Waals surface area contributed by atoms with E-state index in [1.54, 1.807) is 13.0 Å². The van der Waals surface area contributed by atoms with Crippen molar-refractivity contribution in [2.45, 2.75) is 32.5 Å². The Hall–Kier alpha value is -3.18. The lowest BCUT2D eigenvalue weighted by molar-refractivity contribution is -0.131. The van der Waals surface area contributed by atoms with Crippen molar-refractivity contribution in [1.29, 1.82) is 0 Å². The van der Waals surface area contributed by atoms with Crippen LogP contribution in [-0.4, -0.2) is 28.4 Å². The molecule has 0 aliphatic rings. The molecule has 0 aliphatic carbocycles. The monoisotopic (exact) mass is 389 g/mol. The summed E-state index contributed by atoms with van der Waals surface area (Å²) in [6.45, 7) is 6.98. The molecule has 1 atom stereocenters. The van der Waals surface area contributed by atoms with Crippen LogP contribution in [0.3, 0.4) is 0 Å². The summed E-state index contributed by atoms with van der Waals surface area (Å²) in [6.07, 6.45) is 3.99. The fourth-order valence-corrected chi connectivity index (χ4v) is 3.01. The van der Waals surface area contributed by atoms with E-state index < -0.39 is 6.10 Å². The Labute approximate surface area is 172 Å². The van der Waals surface area contributed by atoms with Gasteiger partial charge >= 0.3 is 0 Å². The van der Waals surface area contributed by atoms with Crippen molar-refractivity contribution in [2.24, 2.45) is 0 Å². The molecule has 3 rings (SSSR count). The summed E-state index contributed by atoms with van der Waals surface area (Å²) in [5.74, 6) is -0.135. The highest BCUT2D eigenvalue weighted by Gasteiger charge is 2.16. The summed E-state index contributed by atoms with van der Waals surface area (Å²) in [6, 6.07) is 20.2. The van der Waals surface area contributed by atoms with Crippen molar-refractivity contribution in [3.63, 3.8) is 0 Å². The Balaban J connectivity index is 1.73. The Kier molecular flexibility index (Phi) is 7.36. The Morgan fingerprint density at radius 2 is 1.86 bits per heavy atom. The Morgan fingerprint density at radius 3 is 2.55 bits per heavy atom. The second kappa shape index (κ2) is 10.4. The summed E-state index contributed by atoms with van der Waals surface area (Å²) < 4.78 is 7.45. The number of benzene rings is 2. The van der Waals surface area contributed by atoms with Gasteiger partial charge in [0.1, 0.15) is 6.10 Å². The number of nitrogens with one attached hydrogen (secondary N) is 1. The fraction of sp³-hybridized carbons (Fsp3) is 0.250. The number of nitrogens with zero attached hydrogens (tertiary/aromatic N) is 2. The number of ether oxygens (including phenoxy) is 1. The molecule has 3 aromatic rings. The number of hydrogen-bond donors (Lipinski definition) is 1. The van der Waals surface area contributed by atoms with Gasteiger partial charge in [-0.05, 0) is 18.9 Å². The minimum Gasteiger partial charge on any atom is -0.368 e. The summed E-state index contributed by atoms with van der Waals surface area (Å²) in [4.78, 5) is 12.4. The van der Waals surface area contributed by atoms with Gasteiger partial charge in [0.15, 0.2) is 0 Å². The van der Waals surface area contributed by atoms with Crippen molar-refractivity contribution < 1.29 is 9.53 Å². The first-order valence-corrected chi connectivity index (χ1v) is 9.83. The molecule has 1 aromatic heterocycles. The van der Waals surface area contributed by atoms with E-state index in [1.807, 2.05) is 59.4 Å². The van der Waals surface area contributed by atoms with Crippen LogP contribution in [0.5, 0.6) is 0 Å². The maximum absolute atomic E-state index is 12.4. The normalized spacial score (nSPS) is 11.8. The predicted molar refractivity (Wildman–Crippen MR) is 115 cm³/mol. The van der Waals surface area contributed by atoms with E-state index in [9.17, 15) is 4.79 Å². The minimum atomic E-state index is -0.505. The third-order valence-electron chi connectivity index (χ3n) is 4.58. The molecule has 29 heavy (non-hydrogen) atoms. The van der Waals surface area contributed by atoms with Crippen LogP contribution < -0.4 is 5.32 Å². The molecule has 5 heteroatoms. The molecule has 1 unspecified atom stereocenters. The van der Waals surface area contributed by atoms with Gasteiger partial charge < -0.3 is 10.1 Å². The van der Waals surface area contributed by atoms with E-state index in [0.717, 1.165) is 23.2 Å². The topological polar surface area (TPSA) is 56.1 Å². The molecule has 0 radical (unpaired) electrons. The van der Waals surface area contributed by atoms with Crippen molar-refractivity contribution in [3.8, 4) is 11.3 Å². The molecule has 1 N–H and O–H groups in total. The van der Waals surface area contributed by atoms with Crippen LogP contribution in [0.2, 0.25) is 0 Å². The fourth-order valence-electron chi connectivity index (χ4n) is 3.01. The van der Waals surface area contributed by atoms with Gasteiger partial charge in [-0.3, -0.25) is 9.48 Å². The molecule has 0 bridgehead atoms. The number of carbonyl (C=O) groups excluding carboxylic acids is 1. The second-order valence-corrected chi connectivity index (χ2v) is 6.86. The highest BCUT2D eigenvalue weighted by atomic mass is 16.5. The third-order valence-corrected chi connectivity index (χ3v) is 4.58. The molecule has 0 saturated heterocycles. The van der Waals surface area contributed by atoms with Crippen LogP contribution >= 0.6 is 0 Å². The zero-order valence-corrected chi connectivity index (χ0v) is 16.8. The molecule has 0 saturated carbocycles. The molecule has 1 amide bonds. The zero-order chi connectivity index (χ0) is 20.5. The number of hydrogen-bond acceptors (Lipinski definition) is 3. The van der Waals surface area contributed by atoms with Gasteiger partial charge in [-0.1, -0.05) is 66.7 Å². The van der Waals surface area contributed by atoms with Gasteiger partial charge in [0.25, 0.3) is 0 Å².